The molecule has 0 aliphatic rings. The number of fused-ring (bicyclic) bond motifs is 2. The number of hydrogen-bond acceptors (Lipinski definition) is 4. The van der Waals surface area contributed by atoms with Gasteiger partial charge >= 0.3 is 0 Å². The van der Waals surface area contributed by atoms with Gasteiger partial charge in [-0.05, 0) is 42.8 Å². The molecule has 2 heterocycles. The third kappa shape index (κ3) is 4.43. The van der Waals surface area contributed by atoms with Gasteiger partial charge in [0.2, 0.25) is 5.91 Å². The fourth-order valence-corrected chi connectivity index (χ4v) is 3.70. The SMILES string of the molecule is CCCCc1nc2ccc(NC(=O)CCn3cnc4ccc(Br)cc4c3=O)cc2[nH]1. The van der Waals surface area contributed by atoms with Gasteiger partial charge in [-0.3, -0.25) is 14.2 Å². The van der Waals surface area contributed by atoms with E-state index in [1.54, 1.807) is 12.1 Å². The maximum Gasteiger partial charge on any atom is 0.261 e. The van der Waals surface area contributed by atoms with Gasteiger partial charge in [0.25, 0.3) is 5.56 Å². The number of carbonyl (C=O) groups excluding carboxylic acids is 1. The minimum absolute atomic E-state index is 0.160. The van der Waals surface area contributed by atoms with E-state index in [0.717, 1.165) is 40.6 Å². The topological polar surface area (TPSA) is 92.7 Å². The monoisotopic (exact) mass is 467 g/mol. The molecule has 0 saturated heterocycles. The van der Waals surface area contributed by atoms with Crippen LogP contribution in [0.15, 0.2) is 52.0 Å². The van der Waals surface area contributed by atoms with Gasteiger partial charge in [-0.15, -0.1) is 0 Å². The summed E-state index contributed by atoms with van der Waals surface area (Å²) in [6, 6.07) is 11.0. The maximum absolute atomic E-state index is 12.6. The second-order valence-corrected chi connectivity index (χ2v) is 8.14. The van der Waals surface area contributed by atoms with Gasteiger partial charge in [0.15, 0.2) is 0 Å². The molecule has 2 aromatic heterocycles. The highest BCUT2D eigenvalue weighted by Gasteiger charge is 2.09. The first-order valence-electron chi connectivity index (χ1n) is 9.96. The van der Waals surface area contributed by atoms with E-state index < -0.39 is 0 Å². The first kappa shape index (κ1) is 20.3. The van der Waals surface area contributed by atoms with E-state index in [0.29, 0.717) is 16.6 Å². The number of rotatable bonds is 7. The van der Waals surface area contributed by atoms with Crippen molar-refractivity contribution in [3.63, 3.8) is 0 Å². The quantitative estimate of drug-likeness (QED) is 0.420. The van der Waals surface area contributed by atoms with Gasteiger partial charge < -0.3 is 10.3 Å². The number of benzene rings is 2. The number of aromatic amines is 1. The molecule has 1 amide bonds. The van der Waals surface area contributed by atoms with Crippen LogP contribution in [0.4, 0.5) is 5.69 Å². The molecular formula is C22H22BrN5O2. The fourth-order valence-electron chi connectivity index (χ4n) is 3.34. The van der Waals surface area contributed by atoms with Crippen molar-refractivity contribution in [1.82, 2.24) is 19.5 Å². The highest BCUT2D eigenvalue weighted by atomic mass is 79.9. The van der Waals surface area contributed by atoms with Crippen molar-refractivity contribution >= 4 is 49.5 Å². The molecule has 0 fully saturated rings. The van der Waals surface area contributed by atoms with E-state index in [1.807, 2.05) is 24.3 Å². The van der Waals surface area contributed by atoms with Crippen molar-refractivity contribution in [3.8, 4) is 0 Å². The fraction of sp³-hybridized carbons (Fsp3) is 0.273. The molecule has 2 N–H and O–H groups in total. The molecule has 0 bridgehead atoms. The summed E-state index contributed by atoms with van der Waals surface area (Å²) < 4.78 is 2.28. The van der Waals surface area contributed by atoms with Crippen molar-refractivity contribution in [2.45, 2.75) is 39.2 Å². The number of unbranched alkanes of at least 4 members (excludes halogenated alkanes) is 1. The largest absolute Gasteiger partial charge is 0.342 e. The van der Waals surface area contributed by atoms with E-state index in [9.17, 15) is 9.59 Å². The lowest BCUT2D eigenvalue weighted by atomic mass is 10.2. The van der Waals surface area contributed by atoms with Gasteiger partial charge in [0, 0.05) is 29.5 Å². The molecule has 0 unspecified atom stereocenters. The number of halogens is 1. The van der Waals surface area contributed by atoms with Crippen molar-refractivity contribution in [2.75, 3.05) is 5.32 Å². The molecule has 8 heteroatoms. The zero-order chi connectivity index (χ0) is 21.1. The van der Waals surface area contributed by atoms with Crippen LogP contribution in [0.5, 0.6) is 0 Å². The highest BCUT2D eigenvalue weighted by molar-refractivity contribution is 9.10. The van der Waals surface area contributed by atoms with Crippen LogP contribution in [0.25, 0.3) is 21.9 Å². The number of nitrogens with zero attached hydrogens (tertiary/aromatic N) is 3. The molecule has 0 atom stereocenters. The third-order valence-electron chi connectivity index (χ3n) is 4.95. The Labute approximate surface area is 181 Å². The van der Waals surface area contributed by atoms with Crippen LogP contribution in [-0.4, -0.2) is 25.4 Å². The van der Waals surface area contributed by atoms with Crippen LogP contribution in [0.1, 0.15) is 32.0 Å². The molecule has 4 rings (SSSR count). The molecule has 30 heavy (non-hydrogen) atoms. The minimum atomic E-state index is -0.165. The molecule has 0 saturated carbocycles. The molecule has 154 valence electrons. The van der Waals surface area contributed by atoms with Crippen LogP contribution < -0.4 is 10.9 Å². The lowest BCUT2D eigenvalue weighted by molar-refractivity contribution is -0.116. The van der Waals surface area contributed by atoms with E-state index in [2.05, 4.69) is 43.1 Å². The van der Waals surface area contributed by atoms with Crippen LogP contribution >= 0.6 is 15.9 Å². The summed E-state index contributed by atoms with van der Waals surface area (Å²) in [5.41, 5.74) is 2.97. The smallest absolute Gasteiger partial charge is 0.261 e. The number of amides is 1. The Bertz CT molecular complexity index is 1280. The number of nitrogens with one attached hydrogen (secondary N) is 2. The summed E-state index contributed by atoms with van der Waals surface area (Å²) in [5, 5.41) is 3.42. The first-order valence-corrected chi connectivity index (χ1v) is 10.8. The predicted molar refractivity (Wildman–Crippen MR) is 122 cm³/mol. The molecule has 0 aliphatic heterocycles. The zero-order valence-corrected chi connectivity index (χ0v) is 18.2. The number of imidazole rings is 1. The lowest BCUT2D eigenvalue weighted by Crippen LogP contribution is -2.23. The van der Waals surface area contributed by atoms with Crippen LogP contribution in [0, 0.1) is 0 Å². The predicted octanol–water partition coefficient (Wildman–Crippen LogP) is 4.41. The molecule has 0 radical (unpaired) electrons. The Morgan fingerprint density at radius 1 is 1.20 bits per heavy atom. The maximum atomic E-state index is 12.6. The van der Waals surface area contributed by atoms with Gasteiger partial charge in [0.1, 0.15) is 5.82 Å². The molecule has 0 aliphatic carbocycles. The van der Waals surface area contributed by atoms with Crippen molar-refractivity contribution in [2.24, 2.45) is 0 Å². The highest BCUT2D eigenvalue weighted by Crippen LogP contribution is 2.18. The first-order chi connectivity index (χ1) is 14.5. The van der Waals surface area contributed by atoms with Crippen molar-refractivity contribution in [3.05, 3.63) is 63.4 Å². The Balaban J connectivity index is 1.43. The molecular weight excluding hydrogens is 446 g/mol. The lowest BCUT2D eigenvalue weighted by Gasteiger charge is -2.08. The van der Waals surface area contributed by atoms with Crippen LogP contribution in [0.3, 0.4) is 0 Å². The normalized spacial score (nSPS) is 11.3. The number of anilines is 1. The minimum Gasteiger partial charge on any atom is -0.342 e. The summed E-state index contributed by atoms with van der Waals surface area (Å²) in [6.07, 6.45) is 4.77. The van der Waals surface area contributed by atoms with Crippen molar-refractivity contribution in [1.29, 1.82) is 0 Å². The number of aryl methyl sites for hydroxylation is 2. The van der Waals surface area contributed by atoms with E-state index in [1.165, 1.54) is 10.9 Å². The number of H-pyrrole nitrogens is 1. The summed E-state index contributed by atoms with van der Waals surface area (Å²) >= 11 is 3.37. The molecule has 2 aromatic carbocycles. The molecule has 7 nitrogen and oxygen atoms in total. The molecule has 4 aromatic rings. The second kappa shape index (κ2) is 8.79. The Morgan fingerprint density at radius 2 is 2.03 bits per heavy atom. The summed E-state index contributed by atoms with van der Waals surface area (Å²) in [7, 11) is 0. The van der Waals surface area contributed by atoms with Gasteiger partial charge in [-0.25, -0.2) is 9.97 Å². The summed E-state index contributed by atoms with van der Waals surface area (Å²) in [5.74, 6) is 0.798. The van der Waals surface area contributed by atoms with Crippen LogP contribution in [0.2, 0.25) is 0 Å². The molecule has 0 spiro atoms. The summed E-state index contributed by atoms with van der Waals surface area (Å²) in [4.78, 5) is 37.2. The van der Waals surface area contributed by atoms with Gasteiger partial charge in [-0.1, -0.05) is 29.3 Å². The van der Waals surface area contributed by atoms with E-state index >= 15 is 0 Å². The third-order valence-corrected chi connectivity index (χ3v) is 5.44. The van der Waals surface area contributed by atoms with Crippen molar-refractivity contribution < 1.29 is 4.79 Å². The number of aromatic nitrogens is 4. The Morgan fingerprint density at radius 3 is 2.87 bits per heavy atom. The van der Waals surface area contributed by atoms with E-state index in [4.69, 9.17) is 0 Å². The summed E-state index contributed by atoms with van der Waals surface area (Å²) in [6.45, 7) is 2.41. The average molecular weight is 468 g/mol. The standard InChI is InChI=1S/C22H22BrN5O2/c1-2-3-4-20-26-18-8-6-15(12-19(18)27-20)25-21(29)9-10-28-13-24-17-7-5-14(23)11-16(17)22(28)30/h5-8,11-13H,2-4,9-10H2,1H3,(H,25,29)(H,26,27). The Kier molecular flexibility index (Phi) is 5.94. The van der Waals surface area contributed by atoms with Crippen LogP contribution in [-0.2, 0) is 17.8 Å². The van der Waals surface area contributed by atoms with E-state index in [-0.39, 0.29) is 24.4 Å². The average Bonchev–Trinajstić information content (AvgIpc) is 3.14. The number of hydrogen-bond donors (Lipinski definition) is 2. The van der Waals surface area contributed by atoms with Gasteiger partial charge in [0.05, 0.1) is 28.3 Å². The van der Waals surface area contributed by atoms with Gasteiger partial charge in [-0.2, -0.15) is 0 Å². The second-order valence-electron chi connectivity index (χ2n) is 7.22. The number of carbonyl (C=O) groups is 1. The zero-order valence-electron chi connectivity index (χ0n) is 16.6. The Hall–Kier alpha value is -3.00.